The fraction of sp³-hybridized carbons (Fsp3) is 0.833. The van der Waals surface area contributed by atoms with Crippen LogP contribution in [0.15, 0.2) is 12.2 Å². The molecule has 3 aliphatic carbocycles. The monoisotopic (exact) mass is 194 g/mol. The Labute approximate surface area is 84.6 Å². The van der Waals surface area contributed by atoms with Gasteiger partial charge in [0.2, 0.25) is 0 Å². The van der Waals surface area contributed by atoms with Crippen LogP contribution in [0.4, 0.5) is 0 Å². The van der Waals surface area contributed by atoms with E-state index in [9.17, 15) is 10.2 Å². The lowest BCUT2D eigenvalue weighted by molar-refractivity contribution is 0.0815. The molecular weight excluding hydrogens is 176 g/mol. The van der Waals surface area contributed by atoms with Gasteiger partial charge in [-0.25, -0.2) is 0 Å². The zero-order valence-electron chi connectivity index (χ0n) is 8.61. The molecule has 4 unspecified atom stereocenters. The van der Waals surface area contributed by atoms with E-state index < -0.39 is 0 Å². The van der Waals surface area contributed by atoms with Crippen LogP contribution in [0.5, 0.6) is 0 Å². The van der Waals surface area contributed by atoms with Gasteiger partial charge in [0.15, 0.2) is 0 Å². The smallest absolute Gasteiger partial charge is 0.0471 e. The first kappa shape index (κ1) is 8.93. The van der Waals surface area contributed by atoms with Crippen molar-refractivity contribution in [3.8, 4) is 0 Å². The molecule has 2 fully saturated rings. The Morgan fingerprint density at radius 1 is 1.29 bits per heavy atom. The summed E-state index contributed by atoms with van der Waals surface area (Å²) in [7, 11) is 0. The van der Waals surface area contributed by atoms with Crippen molar-refractivity contribution in [3.63, 3.8) is 0 Å². The molecule has 3 rings (SSSR count). The molecule has 1 spiro atoms. The second-order valence-electron chi connectivity index (χ2n) is 5.46. The number of hydrogen-bond acceptors (Lipinski definition) is 2. The average molecular weight is 194 g/mol. The molecule has 2 nitrogen and oxygen atoms in total. The molecule has 4 atom stereocenters. The Kier molecular flexibility index (Phi) is 1.54. The Morgan fingerprint density at radius 3 is 2.43 bits per heavy atom. The van der Waals surface area contributed by atoms with Crippen LogP contribution in [-0.4, -0.2) is 23.4 Å². The molecule has 2 saturated carbocycles. The van der Waals surface area contributed by atoms with Crippen LogP contribution in [0.3, 0.4) is 0 Å². The molecular formula is C12H18O2. The number of aliphatic hydroxyl groups excluding tert-OH is 2. The largest absolute Gasteiger partial charge is 0.396 e. The maximum Gasteiger partial charge on any atom is 0.0471 e. The SMILES string of the molecule is CC12C=CC(C(CO)C1CO)C21CC1. The minimum Gasteiger partial charge on any atom is -0.396 e. The maximum atomic E-state index is 9.47. The van der Waals surface area contributed by atoms with Crippen molar-refractivity contribution in [2.24, 2.45) is 28.6 Å². The highest BCUT2D eigenvalue weighted by Crippen LogP contribution is 2.77. The van der Waals surface area contributed by atoms with Crippen LogP contribution in [0, 0.1) is 28.6 Å². The summed E-state index contributed by atoms with van der Waals surface area (Å²) in [5, 5.41) is 18.9. The molecule has 0 saturated heterocycles. The summed E-state index contributed by atoms with van der Waals surface area (Å²) in [5.41, 5.74) is 0.591. The van der Waals surface area contributed by atoms with E-state index in [2.05, 4.69) is 19.1 Å². The molecule has 0 heterocycles. The molecule has 78 valence electrons. The van der Waals surface area contributed by atoms with Gasteiger partial charge in [-0.2, -0.15) is 0 Å². The summed E-state index contributed by atoms with van der Waals surface area (Å²) in [5.74, 6) is 1.12. The van der Waals surface area contributed by atoms with Crippen molar-refractivity contribution in [3.05, 3.63) is 12.2 Å². The van der Waals surface area contributed by atoms with Gasteiger partial charge in [0.1, 0.15) is 0 Å². The van der Waals surface area contributed by atoms with Crippen LogP contribution in [0.2, 0.25) is 0 Å². The van der Waals surface area contributed by atoms with Crippen molar-refractivity contribution in [1.82, 2.24) is 0 Å². The molecule has 0 aromatic rings. The maximum absolute atomic E-state index is 9.47. The van der Waals surface area contributed by atoms with Gasteiger partial charge in [-0.05, 0) is 41.4 Å². The Bertz CT molecular complexity index is 293. The Morgan fingerprint density at radius 2 is 2.00 bits per heavy atom. The molecule has 0 aromatic carbocycles. The number of allylic oxidation sites excluding steroid dienone is 2. The number of rotatable bonds is 2. The fourth-order valence-corrected chi connectivity index (χ4v) is 4.33. The molecule has 0 amide bonds. The quantitative estimate of drug-likeness (QED) is 0.648. The van der Waals surface area contributed by atoms with E-state index >= 15 is 0 Å². The van der Waals surface area contributed by atoms with Crippen molar-refractivity contribution >= 4 is 0 Å². The second-order valence-corrected chi connectivity index (χ2v) is 5.46. The van der Waals surface area contributed by atoms with Crippen LogP contribution in [0.1, 0.15) is 19.8 Å². The van der Waals surface area contributed by atoms with E-state index in [0.717, 1.165) is 0 Å². The summed E-state index contributed by atoms with van der Waals surface area (Å²) in [6.45, 7) is 2.73. The van der Waals surface area contributed by atoms with Crippen LogP contribution in [0.25, 0.3) is 0 Å². The van der Waals surface area contributed by atoms with Gasteiger partial charge >= 0.3 is 0 Å². The Hall–Kier alpha value is -0.340. The predicted octanol–water partition coefficient (Wildman–Crippen LogP) is 1.19. The van der Waals surface area contributed by atoms with E-state index in [1.165, 1.54) is 12.8 Å². The predicted molar refractivity (Wildman–Crippen MR) is 53.6 cm³/mol. The van der Waals surface area contributed by atoms with Gasteiger partial charge in [-0.3, -0.25) is 0 Å². The van der Waals surface area contributed by atoms with E-state index in [1.807, 2.05) is 0 Å². The van der Waals surface area contributed by atoms with E-state index in [-0.39, 0.29) is 24.5 Å². The molecule has 0 aliphatic heterocycles. The topological polar surface area (TPSA) is 40.5 Å². The third-order valence-corrected chi connectivity index (χ3v) is 5.31. The third kappa shape index (κ3) is 0.695. The molecule has 14 heavy (non-hydrogen) atoms. The first-order chi connectivity index (χ1) is 6.69. The Balaban J connectivity index is 2.05. The van der Waals surface area contributed by atoms with Crippen molar-refractivity contribution in [2.75, 3.05) is 13.2 Å². The van der Waals surface area contributed by atoms with Gasteiger partial charge in [0.25, 0.3) is 0 Å². The third-order valence-electron chi connectivity index (χ3n) is 5.31. The van der Waals surface area contributed by atoms with Crippen LogP contribution in [-0.2, 0) is 0 Å². The summed E-state index contributed by atoms with van der Waals surface area (Å²) in [6, 6.07) is 0. The first-order valence-electron chi connectivity index (χ1n) is 5.61. The first-order valence-corrected chi connectivity index (χ1v) is 5.61. The van der Waals surface area contributed by atoms with Crippen molar-refractivity contribution in [1.29, 1.82) is 0 Å². The number of hydrogen-bond donors (Lipinski definition) is 2. The van der Waals surface area contributed by atoms with Crippen LogP contribution < -0.4 is 0 Å². The van der Waals surface area contributed by atoms with Gasteiger partial charge in [0, 0.05) is 13.2 Å². The van der Waals surface area contributed by atoms with Crippen LogP contribution >= 0.6 is 0 Å². The highest BCUT2D eigenvalue weighted by atomic mass is 16.3. The molecule has 0 radical (unpaired) electrons. The summed E-state index contributed by atoms with van der Waals surface area (Å²) in [4.78, 5) is 0. The lowest BCUT2D eigenvalue weighted by atomic mass is 9.72. The lowest BCUT2D eigenvalue weighted by Gasteiger charge is -2.33. The van der Waals surface area contributed by atoms with E-state index in [0.29, 0.717) is 17.3 Å². The van der Waals surface area contributed by atoms with Crippen molar-refractivity contribution in [2.45, 2.75) is 19.8 Å². The lowest BCUT2D eigenvalue weighted by Crippen LogP contribution is -2.32. The standard InChI is InChI=1S/C12H18O2/c1-11-3-2-9(12(11)4-5-12)8(6-13)10(11)7-14/h2-3,8-10,13-14H,4-7H2,1H3. The molecule has 2 N–H and O–H groups in total. The molecule has 0 aromatic heterocycles. The molecule has 3 aliphatic rings. The fourth-order valence-electron chi connectivity index (χ4n) is 4.33. The second kappa shape index (κ2) is 2.42. The van der Waals surface area contributed by atoms with Gasteiger partial charge < -0.3 is 10.2 Å². The summed E-state index contributed by atoms with van der Waals surface area (Å²) < 4.78 is 0. The zero-order chi connectivity index (χ0) is 9.97. The normalized spacial score (nSPS) is 51.8. The molecule has 2 heteroatoms. The highest BCUT2D eigenvalue weighted by molar-refractivity contribution is 5.33. The highest BCUT2D eigenvalue weighted by Gasteiger charge is 2.72. The average Bonchev–Trinajstić information content (AvgIpc) is 2.89. The molecule has 2 bridgehead atoms. The van der Waals surface area contributed by atoms with E-state index in [1.54, 1.807) is 0 Å². The minimum atomic E-state index is 0.166. The van der Waals surface area contributed by atoms with Crippen molar-refractivity contribution < 1.29 is 10.2 Å². The summed E-state index contributed by atoms with van der Waals surface area (Å²) in [6.07, 6.45) is 7.17. The van der Waals surface area contributed by atoms with Gasteiger partial charge in [-0.15, -0.1) is 0 Å². The van der Waals surface area contributed by atoms with Gasteiger partial charge in [-0.1, -0.05) is 19.1 Å². The van der Waals surface area contributed by atoms with E-state index in [4.69, 9.17) is 0 Å². The zero-order valence-corrected chi connectivity index (χ0v) is 8.61. The summed E-state index contributed by atoms with van der Waals surface area (Å²) >= 11 is 0. The number of aliphatic hydroxyl groups is 2. The minimum absolute atomic E-state index is 0.166. The van der Waals surface area contributed by atoms with Gasteiger partial charge in [0.05, 0.1) is 0 Å².